The van der Waals surface area contributed by atoms with E-state index in [9.17, 15) is 14.4 Å². The molecule has 1 aliphatic heterocycles. The second-order valence-corrected chi connectivity index (χ2v) is 7.74. The van der Waals surface area contributed by atoms with Gasteiger partial charge in [-0.2, -0.15) is 0 Å². The van der Waals surface area contributed by atoms with Crippen LogP contribution in [0, 0.1) is 13.8 Å². The van der Waals surface area contributed by atoms with Gasteiger partial charge in [-0.1, -0.05) is 19.3 Å². The number of hydrogen-bond acceptors (Lipinski definition) is 3. The summed E-state index contributed by atoms with van der Waals surface area (Å²) in [5, 5.41) is 3.14. The summed E-state index contributed by atoms with van der Waals surface area (Å²) in [5.74, 6) is -0.139. The van der Waals surface area contributed by atoms with Crippen molar-refractivity contribution in [3.63, 3.8) is 0 Å². The number of aromatic amines is 1. The standard InChI is InChI=1S/C20H30N4O3/c1-13-17(15(3)25)14(2)21-18(13)19(26)23-9-11-24(12-10-23)20(27)22-16-7-5-4-6-8-16/h16,21H,4-12H2,1-3H3,(H,22,27). The van der Waals surface area contributed by atoms with Crippen LogP contribution in [-0.2, 0) is 0 Å². The molecule has 7 nitrogen and oxygen atoms in total. The van der Waals surface area contributed by atoms with Gasteiger partial charge in [0, 0.05) is 43.5 Å². The number of piperazine rings is 1. The maximum atomic E-state index is 12.9. The predicted octanol–water partition coefficient (Wildman–Crippen LogP) is 2.63. The van der Waals surface area contributed by atoms with Gasteiger partial charge in [-0.15, -0.1) is 0 Å². The first-order valence-corrected chi connectivity index (χ1v) is 9.93. The molecule has 7 heteroatoms. The summed E-state index contributed by atoms with van der Waals surface area (Å²) >= 11 is 0. The maximum absolute atomic E-state index is 12.9. The first-order chi connectivity index (χ1) is 12.9. The summed E-state index contributed by atoms with van der Waals surface area (Å²) in [7, 11) is 0. The van der Waals surface area contributed by atoms with Crippen molar-refractivity contribution < 1.29 is 14.4 Å². The van der Waals surface area contributed by atoms with E-state index in [1.165, 1.54) is 26.2 Å². The van der Waals surface area contributed by atoms with E-state index in [-0.39, 0.29) is 17.7 Å². The van der Waals surface area contributed by atoms with E-state index in [0.717, 1.165) is 18.5 Å². The summed E-state index contributed by atoms with van der Waals surface area (Å²) in [6.07, 6.45) is 5.76. The molecule has 3 amide bonds. The van der Waals surface area contributed by atoms with E-state index in [4.69, 9.17) is 0 Å². The van der Waals surface area contributed by atoms with Crippen LogP contribution in [0.2, 0.25) is 0 Å². The summed E-state index contributed by atoms with van der Waals surface area (Å²) in [5.41, 5.74) is 2.53. The molecule has 0 spiro atoms. The first-order valence-electron chi connectivity index (χ1n) is 9.93. The van der Waals surface area contributed by atoms with Crippen LogP contribution in [0.5, 0.6) is 0 Å². The molecule has 2 N–H and O–H groups in total. The Labute approximate surface area is 160 Å². The number of amides is 3. The molecule has 2 aliphatic rings. The topological polar surface area (TPSA) is 85.5 Å². The van der Waals surface area contributed by atoms with Crippen LogP contribution in [-0.4, -0.2) is 64.7 Å². The Kier molecular flexibility index (Phi) is 5.87. The number of H-pyrrole nitrogens is 1. The van der Waals surface area contributed by atoms with Crippen molar-refractivity contribution in [2.24, 2.45) is 0 Å². The molecule has 0 radical (unpaired) electrons. The molecule has 0 unspecified atom stereocenters. The van der Waals surface area contributed by atoms with Gasteiger partial charge in [0.05, 0.1) is 0 Å². The molecule has 0 aromatic carbocycles. The van der Waals surface area contributed by atoms with E-state index in [2.05, 4.69) is 10.3 Å². The van der Waals surface area contributed by atoms with E-state index >= 15 is 0 Å². The summed E-state index contributed by atoms with van der Waals surface area (Å²) in [6.45, 7) is 7.20. The number of nitrogens with one attached hydrogen (secondary N) is 2. The number of aryl methyl sites for hydroxylation is 1. The summed E-state index contributed by atoms with van der Waals surface area (Å²) in [4.78, 5) is 43.7. The maximum Gasteiger partial charge on any atom is 0.317 e. The largest absolute Gasteiger partial charge is 0.354 e. The van der Waals surface area contributed by atoms with Gasteiger partial charge in [-0.05, 0) is 39.2 Å². The number of Topliss-reactive ketones (excluding diaryl/α,β-unsaturated/α-hetero) is 1. The fourth-order valence-electron chi connectivity index (χ4n) is 4.28. The van der Waals surface area contributed by atoms with Crippen molar-refractivity contribution in [1.29, 1.82) is 0 Å². The van der Waals surface area contributed by atoms with Crippen LogP contribution in [0.15, 0.2) is 0 Å². The third-order valence-corrected chi connectivity index (χ3v) is 5.79. The molecule has 27 heavy (non-hydrogen) atoms. The van der Waals surface area contributed by atoms with Crippen LogP contribution in [0.1, 0.15) is 71.1 Å². The zero-order chi connectivity index (χ0) is 19.6. The van der Waals surface area contributed by atoms with Crippen LogP contribution >= 0.6 is 0 Å². The number of hydrogen-bond donors (Lipinski definition) is 2. The van der Waals surface area contributed by atoms with Crippen molar-refractivity contribution in [2.75, 3.05) is 26.2 Å². The third-order valence-electron chi connectivity index (χ3n) is 5.79. The number of carbonyl (C=O) groups excluding carboxylic acids is 3. The van der Waals surface area contributed by atoms with E-state index < -0.39 is 0 Å². The van der Waals surface area contributed by atoms with Crippen molar-refractivity contribution >= 4 is 17.7 Å². The Balaban J connectivity index is 1.57. The first kappa shape index (κ1) is 19.5. The van der Waals surface area contributed by atoms with Gasteiger partial charge in [0.15, 0.2) is 5.78 Å². The van der Waals surface area contributed by atoms with Crippen molar-refractivity contribution in [2.45, 2.75) is 58.9 Å². The lowest BCUT2D eigenvalue weighted by atomic mass is 9.96. The highest BCUT2D eigenvalue weighted by Gasteiger charge is 2.29. The summed E-state index contributed by atoms with van der Waals surface area (Å²) in [6, 6.07) is 0.278. The second kappa shape index (κ2) is 8.15. The molecule has 1 saturated carbocycles. The Bertz CT molecular complexity index is 726. The minimum atomic E-state index is -0.101. The van der Waals surface area contributed by atoms with Crippen LogP contribution < -0.4 is 5.32 Å². The molecule has 148 valence electrons. The third kappa shape index (κ3) is 4.17. The molecule has 0 atom stereocenters. The lowest BCUT2D eigenvalue weighted by molar-refractivity contribution is 0.0656. The zero-order valence-electron chi connectivity index (χ0n) is 16.6. The molecule has 1 saturated heterocycles. The Morgan fingerprint density at radius 3 is 2.11 bits per heavy atom. The van der Waals surface area contributed by atoms with Gasteiger partial charge in [0.2, 0.25) is 0 Å². The average molecular weight is 374 g/mol. The number of aromatic nitrogens is 1. The minimum absolute atomic E-state index is 0.0141. The number of ketones is 1. The molecule has 3 rings (SSSR count). The monoisotopic (exact) mass is 374 g/mol. The van der Waals surface area contributed by atoms with Gasteiger partial charge in [0.1, 0.15) is 5.69 Å². The van der Waals surface area contributed by atoms with Crippen molar-refractivity contribution in [3.05, 3.63) is 22.5 Å². The lowest BCUT2D eigenvalue weighted by Crippen LogP contribution is -2.54. The smallest absolute Gasteiger partial charge is 0.317 e. The van der Waals surface area contributed by atoms with E-state index in [1.54, 1.807) is 16.7 Å². The predicted molar refractivity (Wildman–Crippen MR) is 103 cm³/mol. The van der Waals surface area contributed by atoms with E-state index in [1.807, 2.05) is 6.92 Å². The average Bonchev–Trinajstić information content (AvgIpc) is 2.96. The Hall–Kier alpha value is -2.31. The molecule has 1 aromatic rings. The lowest BCUT2D eigenvalue weighted by Gasteiger charge is -2.36. The normalized spacial score (nSPS) is 18.5. The highest BCUT2D eigenvalue weighted by atomic mass is 16.2. The fraction of sp³-hybridized carbons (Fsp3) is 0.650. The molecule has 2 heterocycles. The molecular weight excluding hydrogens is 344 g/mol. The molecule has 1 aliphatic carbocycles. The highest BCUT2D eigenvalue weighted by molar-refractivity contribution is 6.02. The summed E-state index contributed by atoms with van der Waals surface area (Å²) < 4.78 is 0. The number of urea groups is 1. The van der Waals surface area contributed by atoms with Crippen LogP contribution in [0.4, 0.5) is 4.79 Å². The molecule has 1 aromatic heterocycles. The molecular formula is C20H30N4O3. The van der Waals surface area contributed by atoms with Crippen LogP contribution in [0.3, 0.4) is 0 Å². The van der Waals surface area contributed by atoms with Crippen molar-refractivity contribution in [1.82, 2.24) is 20.1 Å². The second-order valence-electron chi connectivity index (χ2n) is 7.74. The molecule has 0 bridgehead atoms. The zero-order valence-corrected chi connectivity index (χ0v) is 16.6. The number of rotatable bonds is 3. The van der Waals surface area contributed by atoms with Crippen molar-refractivity contribution in [3.8, 4) is 0 Å². The minimum Gasteiger partial charge on any atom is -0.354 e. The highest BCUT2D eigenvalue weighted by Crippen LogP contribution is 2.21. The SMILES string of the molecule is CC(=O)c1c(C)[nH]c(C(=O)N2CCN(C(=O)NC3CCCCC3)CC2)c1C. The Morgan fingerprint density at radius 1 is 0.963 bits per heavy atom. The number of carbonyl (C=O) groups is 3. The number of nitrogens with zero attached hydrogens (tertiary/aromatic N) is 2. The quantitative estimate of drug-likeness (QED) is 0.798. The molecule has 2 fully saturated rings. The van der Waals surface area contributed by atoms with Gasteiger partial charge >= 0.3 is 6.03 Å². The van der Waals surface area contributed by atoms with Crippen LogP contribution in [0.25, 0.3) is 0 Å². The Morgan fingerprint density at radius 2 is 1.56 bits per heavy atom. The van der Waals surface area contributed by atoms with Gasteiger partial charge in [-0.3, -0.25) is 9.59 Å². The van der Waals surface area contributed by atoms with Gasteiger partial charge in [-0.25, -0.2) is 4.79 Å². The fourth-order valence-corrected chi connectivity index (χ4v) is 4.28. The van der Waals surface area contributed by atoms with Gasteiger partial charge in [0.25, 0.3) is 5.91 Å². The van der Waals surface area contributed by atoms with Gasteiger partial charge < -0.3 is 20.1 Å². The van der Waals surface area contributed by atoms with E-state index in [0.29, 0.717) is 49.0 Å².